The van der Waals surface area contributed by atoms with Gasteiger partial charge in [0.25, 0.3) is 5.95 Å². The Labute approximate surface area is 106 Å². The van der Waals surface area contributed by atoms with Crippen molar-refractivity contribution < 1.29 is 9.16 Å². The van der Waals surface area contributed by atoms with Crippen LogP contribution in [0.1, 0.15) is 20.8 Å². The fourth-order valence-electron chi connectivity index (χ4n) is 0.916. The molecule has 0 aromatic rings. The summed E-state index contributed by atoms with van der Waals surface area (Å²) in [5.74, 6) is 0.580. The van der Waals surface area contributed by atoms with Gasteiger partial charge in [-0.15, -0.1) is 5.73 Å². The molecule has 0 saturated carbocycles. The van der Waals surface area contributed by atoms with Gasteiger partial charge in [-0.3, -0.25) is 0 Å². The SMILES string of the molecule is C/C=C/CO/C(=C/C=C=C(C)C)O[Si](C)(C)C. The molecule has 0 fully saturated rings. The third-order valence-corrected chi connectivity index (χ3v) is 2.37. The molecule has 0 aliphatic heterocycles. The molecule has 0 heterocycles. The number of hydrogen-bond donors (Lipinski definition) is 0. The fraction of sp³-hybridized carbons (Fsp3) is 0.500. The van der Waals surface area contributed by atoms with Crippen LogP contribution in [0.2, 0.25) is 19.6 Å². The number of ether oxygens (including phenoxy) is 1. The summed E-state index contributed by atoms with van der Waals surface area (Å²) < 4.78 is 11.4. The van der Waals surface area contributed by atoms with Crippen LogP contribution in [-0.2, 0) is 9.16 Å². The van der Waals surface area contributed by atoms with Crippen molar-refractivity contribution in [2.75, 3.05) is 6.61 Å². The van der Waals surface area contributed by atoms with E-state index in [1.54, 1.807) is 0 Å². The van der Waals surface area contributed by atoms with Crippen LogP contribution >= 0.6 is 0 Å². The summed E-state index contributed by atoms with van der Waals surface area (Å²) in [5, 5.41) is 0. The summed E-state index contributed by atoms with van der Waals surface area (Å²) in [6.07, 6.45) is 7.57. The van der Waals surface area contributed by atoms with Gasteiger partial charge in [0.2, 0.25) is 8.32 Å². The number of hydrogen-bond acceptors (Lipinski definition) is 2. The van der Waals surface area contributed by atoms with E-state index < -0.39 is 8.32 Å². The van der Waals surface area contributed by atoms with Gasteiger partial charge < -0.3 is 9.16 Å². The van der Waals surface area contributed by atoms with Gasteiger partial charge >= 0.3 is 0 Å². The monoisotopic (exact) mass is 252 g/mol. The van der Waals surface area contributed by atoms with E-state index in [-0.39, 0.29) is 0 Å². The van der Waals surface area contributed by atoms with Gasteiger partial charge in [-0.05, 0) is 52.1 Å². The van der Waals surface area contributed by atoms with Crippen molar-refractivity contribution >= 4 is 8.32 Å². The maximum absolute atomic E-state index is 5.83. The molecule has 0 N–H and O–H groups in total. The van der Waals surface area contributed by atoms with E-state index in [4.69, 9.17) is 9.16 Å². The Hall–Kier alpha value is -1.18. The van der Waals surface area contributed by atoms with E-state index in [1.807, 2.05) is 45.1 Å². The van der Waals surface area contributed by atoms with Crippen LogP contribution < -0.4 is 0 Å². The third kappa shape index (κ3) is 11.1. The standard InChI is InChI=1S/C14H24O2Si/c1-7-8-12-15-14(16-17(4,5)6)11-9-10-13(2)3/h7-9,11H,12H2,1-6H3/b8-7+,14-11-. The molecule has 2 nitrogen and oxygen atoms in total. The maximum atomic E-state index is 5.83. The second kappa shape index (κ2) is 7.99. The van der Waals surface area contributed by atoms with Crippen LogP contribution in [0.3, 0.4) is 0 Å². The maximum Gasteiger partial charge on any atom is 0.266 e. The second-order valence-corrected chi connectivity index (χ2v) is 9.32. The number of allylic oxidation sites excluding steroid dienone is 3. The summed E-state index contributed by atoms with van der Waals surface area (Å²) in [6, 6.07) is 0. The van der Waals surface area contributed by atoms with Crippen molar-refractivity contribution in [1.82, 2.24) is 0 Å². The van der Waals surface area contributed by atoms with E-state index in [1.165, 1.54) is 0 Å². The highest BCUT2D eigenvalue weighted by Crippen LogP contribution is 2.11. The Bertz CT molecular complexity index is 336. The highest BCUT2D eigenvalue weighted by Gasteiger charge is 2.18. The van der Waals surface area contributed by atoms with Gasteiger partial charge in [0.15, 0.2) is 0 Å². The van der Waals surface area contributed by atoms with Gasteiger partial charge in [0.1, 0.15) is 6.61 Å². The molecule has 0 bridgehead atoms. The minimum atomic E-state index is -1.63. The molecule has 0 amide bonds. The first-order valence-corrected chi connectivity index (χ1v) is 9.29. The average Bonchev–Trinajstić information content (AvgIpc) is 2.14. The zero-order valence-corrected chi connectivity index (χ0v) is 12.8. The van der Waals surface area contributed by atoms with E-state index in [2.05, 4.69) is 25.4 Å². The largest absolute Gasteiger partial charge is 0.520 e. The van der Waals surface area contributed by atoms with Gasteiger partial charge in [0, 0.05) is 6.08 Å². The van der Waals surface area contributed by atoms with E-state index in [9.17, 15) is 0 Å². The van der Waals surface area contributed by atoms with Crippen molar-refractivity contribution in [2.45, 2.75) is 40.4 Å². The lowest BCUT2D eigenvalue weighted by molar-refractivity contribution is 0.123. The Morgan fingerprint density at radius 1 is 1.24 bits per heavy atom. The van der Waals surface area contributed by atoms with Crippen LogP contribution in [0.5, 0.6) is 0 Å². The quantitative estimate of drug-likeness (QED) is 0.229. The highest BCUT2D eigenvalue weighted by molar-refractivity contribution is 6.69. The summed E-state index contributed by atoms with van der Waals surface area (Å²) in [7, 11) is -1.63. The molecule has 0 rings (SSSR count). The predicted molar refractivity (Wildman–Crippen MR) is 76.2 cm³/mol. The van der Waals surface area contributed by atoms with E-state index >= 15 is 0 Å². The summed E-state index contributed by atoms with van der Waals surface area (Å²) in [5.41, 5.74) is 4.23. The first kappa shape index (κ1) is 15.8. The molecule has 0 aliphatic rings. The lowest BCUT2D eigenvalue weighted by atomic mass is 10.3. The molecule has 0 aromatic carbocycles. The predicted octanol–water partition coefficient (Wildman–Crippen LogP) is 4.39. The smallest absolute Gasteiger partial charge is 0.266 e. The molecule has 0 atom stereocenters. The average molecular weight is 252 g/mol. The van der Waals surface area contributed by atoms with E-state index in [0.29, 0.717) is 12.6 Å². The Balaban J connectivity index is 4.66. The highest BCUT2D eigenvalue weighted by atomic mass is 28.4. The molecule has 0 saturated heterocycles. The molecule has 3 heteroatoms. The Morgan fingerprint density at radius 2 is 1.88 bits per heavy atom. The Kier molecular flexibility index (Phi) is 7.43. The van der Waals surface area contributed by atoms with Crippen LogP contribution in [-0.4, -0.2) is 14.9 Å². The van der Waals surface area contributed by atoms with Crippen molar-refractivity contribution in [3.63, 3.8) is 0 Å². The lowest BCUT2D eigenvalue weighted by Crippen LogP contribution is -2.25. The van der Waals surface area contributed by atoms with Crippen LogP contribution in [0.4, 0.5) is 0 Å². The zero-order valence-electron chi connectivity index (χ0n) is 11.8. The second-order valence-electron chi connectivity index (χ2n) is 4.89. The van der Waals surface area contributed by atoms with Gasteiger partial charge in [0.05, 0.1) is 0 Å². The van der Waals surface area contributed by atoms with Gasteiger partial charge in [-0.1, -0.05) is 12.2 Å². The summed E-state index contributed by atoms with van der Waals surface area (Å²) in [4.78, 5) is 0. The molecule has 0 aromatic heterocycles. The van der Waals surface area contributed by atoms with Crippen molar-refractivity contribution in [1.29, 1.82) is 0 Å². The van der Waals surface area contributed by atoms with Gasteiger partial charge in [-0.2, -0.15) is 0 Å². The van der Waals surface area contributed by atoms with E-state index in [0.717, 1.165) is 5.57 Å². The van der Waals surface area contributed by atoms with Crippen molar-refractivity contribution in [3.8, 4) is 0 Å². The summed E-state index contributed by atoms with van der Waals surface area (Å²) in [6.45, 7) is 12.9. The molecule has 0 spiro atoms. The third-order valence-electron chi connectivity index (χ3n) is 1.56. The Morgan fingerprint density at radius 3 is 2.35 bits per heavy atom. The molecule has 0 aliphatic carbocycles. The minimum absolute atomic E-state index is 0.537. The lowest BCUT2D eigenvalue weighted by Gasteiger charge is -2.20. The van der Waals surface area contributed by atoms with Crippen LogP contribution in [0.25, 0.3) is 0 Å². The molecule has 0 unspecified atom stereocenters. The zero-order chi connectivity index (χ0) is 13.3. The first-order chi connectivity index (χ1) is 7.85. The first-order valence-electron chi connectivity index (χ1n) is 5.88. The normalized spacial score (nSPS) is 12.2. The molecule has 0 radical (unpaired) electrons. The topological polar surface area (TPSA) is 18.5 Å². The summed E-state index contributed by atoms with van der Waals surface area (Å²) >= 11 is 0. The number of rotatable bonds is 6. The van der Waals surface area contributed by atoms with Crippen LogP contribution in [0.15, 0.2) is 41.6 Å². The minimum Gasteiger partial charge on any atom is -0.520 e. The molecular weight excluding hydrogens is 228 g/mol. The van der Waals surface area contributed by atoms with Crippen molar-refractivity contribution in [2.24, 2.45) is 0 Å². The molecular formula is C14H24O2Si. The van der Waals surface area contributed by atoms with Crippen LogP contribution in [0, 0.1) is 0 Å². The fourth-order valence-corrected chi connectivity index (χ4v) is 1.65. The molecule has 96 valence electrons. The molecule has 17 heavy (non-hydrogen) atoms. The van der Waals surface area contributed by atoms with Crippen molar-refractivity contribution in [3.05, 3.63) is 41.6 Å². The van der Waals surface area contributed by atoms with Gasteiger partial charge in [-0.25, -0.2) is 0 Å².